The van der Waals surface area contributed by atoms with Crippen LogP contribution in [0, 0.1) is 0 Å². The lowest BCUT2D eigenvalue weighted by Gasteiger charge is -2.41. The Bertz CT molecular complexity index is 590. The largest absolute Gasteiger partial charge is 0.442 e. The second kappa shape index (κ2) is 4.49. The van der Waals surface area contributed by atoms with Gasteiger partial charge in [0.1, 0.15) is 0 Å². The molecule has 22 heavy (non-hydrogen) atoms. The van der Waals surface area contributed by atoms with Crippen molar-refractivity contribution in [2.75, 3.05) is 4.90 Å². The maximum atomic E-state index is 13.1. The van der Waals surface area contributed by atoms with Crippen molar-refractivity contribution in [3.63, 3.8) is 0 Å². The molecule has 1 aromatic carbocycles. The van der Waals surface area contributed by atoms with Crippen molar-refractivity contribution in [1.29, 1.82) is 0 Å². The topological polar surface area (TPSA) is 72.8 Å². The summed E-state index contributed by atoms with van der Waals surface area (Å²) in [6.45, 7) is 0. The van der Waals surface area contributed by atoms with E-state index in [-0.39, 0.29) is 0 Å². The lowest BCUT2D eigenvalue weighted by molar-refractivity contribution is -0.378. The minimum Gasteiger partial charge on any atom is -0.359 e. The second-order valence-corrected chi connectivity index (χ2v) is 4.48. The van der Waals surface area contributed by atoms with Crippen molar-refractivity contribution in [3.8, 4) is 0 Å². The molecule has 0 bridgehead atoms. The van der Waals surface area contributed by atoms with Crippen LogP contribution >= 0.6 is 0 Å². The molecule has 5 nitrogen and oxygen atoms in total. The fourth-order valence-corrected chi connectivity index (χ4v) is 2.09. The summed E-state index contributed by atoms with van der Waals surface area (Å²) in [5.74, 6) is 0. The Hall–Kier alpha value is -2.01. The van der Waals surface area contributed by atoms with E-state index in [2.05, 4.69) is 0 Å². The first-order valence-electron chi connectivity index (χ1n) is 5.62. The number of nitrogens with one attached hydrogen (secondary N) is 1. The molecule has 0 spiro atoms. The number of hydrogen-bond donors (Lipinski definition) is 3. The van der Waals surface area contributed by atoms with Crippen LogP contribution in [0.2, 0.25) is 0 Å². The lowest BCUT2D eigenvalue weighted by Crippen LogP contribution is -2.74. The number of para-hydroxylation sites is 1. The first kappa shape index (κ1) is 16.4. The van der Waals surface area contributed by atoms with Gasteiger partial charge in [-0.3, -0.25) is 10.2 Å². The molecule has 1 heterocycles. The van der Waals surface area contributed by atoms with Crippen LogP contribution in [0.15, 0.2) is 30.3 Å². The van der Waals surface area contributed by atoms with E-state index in [1.165, 1.54) is 6.07 Å². The van der Waals surface area contributed by atoms with Gasteiger partial charge in [-0.25, -0.2) is 4.79 Å². The van der Waals surface area contributed by atoms with Gasteiger partial charge >= 0.3 is 24.1 Å². The summed E-state index contributed by atoms with van der Waals surface area (Å²) >= 11 is 0. The molecular weight excluding hydrogens is 322 g/mol. The minimum atomic E-state index is -6.01. The Morgan fingerprint density at radius 2 is 1.45 bits per heavy atom. The zero-order valence-corrected chi connectivity index (χ0v) is 10.4. The highest BCUT2D eigenvalue weighted by Gasteiger charge is 2.84. The zero-order valence-electron chi connectivity index (χ0n) is 10.4. The number of amides is 2. The molecule has 1 saturated heterocycles. The highest BCUT2D eigenvalue weighted by atomic mass is 19.4. The van der Waals surface area contributed by atoms with E-state index in [9.17, 15) is 41.4 Å². The third-order valence-electron chi connectivity index (χ3n) is 3.14. The Labute approximate surface area is 118 Å². The summed E-state index contributed by atoms with van der Waals surface area (Å²) in [5.41, 5.74) is -10.5. The number of rotatable bonds is 1. The molecule has 2 unspecified atom stereocenters. The Morgan fingerprint density at radius 1 is 0.955 bits per heavy atom. The fourth-order valence-electron chi connectivity index (χ4n) is 2.09. The molecule has 0 saturated carbocycles. The van der Waals surface area contributed by atoms with Crippen molar-refractivity contribution in [2.24, 2.45) is 0 Å². The third-order valence-corrected chi connectivity index (χ3v) is 3.14. The molecule has 1 aliphatic rings. The molecule has 11 heteroatoms. The molecular formula is C11H8F6N2O3. The zero-order chi connectivity index (χ0) is 17.0. The van der Waals surface area contributed by atoms with Gasteiger partial charge in [-0.2, -0.15) is 26.3 Å². The monoisotopic (exact) mass is 330 g/mol. The van der Waals surface area contributed by atoms with E-state index in [1.54, 1.807) is 0 Å². The number of urea groups is 1. The first-order chi connectivity index (χ1) is 9.86. The SMILES string of the molecule is O=C1NC(O)(C(F)(F)F)C(O)(C(F)(F)F)N1c1ccccc1. The summed E-state index contributed by atoms with van der Waals surface area (Å²) in [4.78, 5) is 11.0. The van der Waals surface area contributed by atoms with E-state index >= 15 is 0 Å². The van der Waals surface area contributed by atoms with Gasteiger partial charge in [0.15, 0.2) is 0 Å². The Balaban J connectivity index is 2.72. The van der Waals surface area contributed by atoms with E-state index < -0.39 is 40.4 Å². The molecule has 2 atom stereocenters. The van der Waals surface area contributed by atoms with Gasteiger partial charge in [0, 0.05) is 5.69 Å². The van der Waals surface area contributed by atoms with Crippen molar-refractivity contribution in [2.45, 2.75) is 23.8 Å². The standard InChI is InChI=1S/C11H8F6N2O3/c12-10(13,14)8(21)9(22,11(15,16)17)19(7(20)18-8)6-4-2-1-3-5-6/h1-5,21-22H,(H,18,20). The van der Waals surface area contributed by atoms with Crippen molar-refractivity contribution >= 4 is 11.7 Å². The molecule has 3 N–H and O–H groups in total. The predicted octanol–water partition coefficient (Wildman–Crippen LogP) is 1.72. The van der Waals surface area contributed by atoms with Crippen LogP contribution in [0.4, 0.5) is 36.8 Å². The Morgan fingerprint density at radius 3 is 1.86 bits per heavy atom. The molecule has 1 aromatic rings. The minimum absolute atomic E-state index is 0.583. The first-order valence-corrected chi connectivity index (χ1v) is 5.62. The van der Waals surface area contributed by atoms with Gasteiger partial charge in [-0.1, -0.05) is 18.2 Å². The average Bonchev–Trinajstić information content (AvgIpc) is 2.58. The van der Waals surface area contributed by atoms with Crippen LogP contribution in [0.3, 0.4) is 0 Å². The van der Waals surface area contributed by atoms with E-state index in [0.717, 1.165) is 29.6 Å². The quantitative estimate of drug-likeness (QED) is 0.687. The molecule has 1 fully saturated rings. The van der Waals surface area contributed by atoms with Crippen LogP contribution in [0.1, 0.15) is 0 Å². The van der Waals surface area contributed by atoms with Gasteiger partial charge in [-0.15, -0.1) is 0 Å². The summed E-state index contributed by atoms with van der Waals surface area (Å²) in [7, 11) is 0. The van der Waals surface area contributed by atoms with E-state index in [1.807, 2.05) is 0 Å². The predicted molar refractivity (Wildman–Crippen MR) is 59.5 cm³/mol. The number of alkyl halides is 6. The van der Waals surface area contributed by atoms with E-state index in [4.69, 9.17) is 0 Å². The Kier molecular flexibility index (Phi) is 3.34. The number of carbonyl (C=O) groups excluding carboxylic acids is 1. The lowest BCUT2D eigenvalue weighted by atomic mass is 9.98. The number of aliphatic hydroxyl groups is 2. The number of halogens is 6. The molecule has 0 aliphatic carbocycles. The van der Waals surface area contributed by atoms with Crippen LogP contribution in [-0.2, 0) is 0 Å². The van der Waals surface area contributed by atoms with Crippen LogP contribution < -0.4 is 10.2 Å². The van der Waals surface area contributed by atoms with Gasteiger partial charge < -0.3 is 10.2 Å². The van der Waals surface area contributed by atoms with Crippen LogP contribution in [-0.4, -0.2) is 40.0 Å². The van der Waals surface area contributed by atoms with Crippen LogP contribution in [0.5, 0.6) is 0 Å². The molecule has 2 amide bonds. The molecule has 122 valence electrons. The highest BCUT2D eigenvalue weighted by molar-refractivity contribution is 5.97. The van der Waals surface area contributed by atoms with Gasteiger partial charge in [-0.05, 0) is 12.1 Å². The van der Waals surface area contributed by atoms with Crippen molar-refractivity contribution in [1.82, 2.24) is 5.32 Å². The molecule has 1 aliphatic heterocycles. The summed E-state index contributed by atoms with van der Waals surface area (Å²) < 4.78 is 78.1. The number of benzene rings is 1. The maximum Gasteiger partial charge on any atom is 0.442 e. The maximum absolute atomic E-state index is 13.1. The van der Waals surface area contributed by atoms with Gasteiger partial charge in [0.25, 0.3) is 5.72 Å². The second-order valence-electron chi connectivity index (χ2n) is 4.48. The van der Waals surface area contributed by atoms with Crippen molar-refractivity contribution in [3.05, 3.63) is 30.3 Å². The third kappa shape index (κ3) is 1.92. The molecule has 0 aromatic heterocycles. The number of nitrogens with zero attached hydrogens (tertiary/aromatic N) is 1. The average molecular weight is 330 g/mol. The number of anilines is 1. The summed E-state index contributed by atoms with van der Waals surface area (Å²) in [6, 6.07) is 3.41. The number of carbonyl (C=O) groups is 1. The summed E-state index contributed by atoms with van der Waals surface area (Å²) in [6.07, 6.45) is -12.0. The summed E-state index contributed by atoms with van der Waals surface area (Å²) in [5, 5.41) is 19.9. The van der Waals surface area contributed by atoms with Gasteiger partial charge in [0.05, 0.1) is 0 Å². The molecule has 2 rings (SSSR count). The fraction of sp³-hybridized carbons (Fsp3) is 0.364. The van der Waals surface area contributed by atoms with Crippen LogP contribution in [0.25, 0.3) is 0 Å². The van der Waals surface area contributed by atoms with Gasteiger partial charge in [0.2, 0.25) is 0 Å². The normalized spacial score (nSPS) is 29.6. The highest BCUT2D eigenvalue weighted by Crippen LogP contribution is 2.51. The van der Waals surface area contributed by atoms with Crippen molar-refractivity contribution < 1.29 is 41.4 Å². The number of hydrogen-bond acceptors (Lipinski definition) is 3. The smallest absolute Gasteiger partial charge is 0.359 e. The van der Waals surface area contributed by atoms with E-state index in [0.29, 0.717) is 0 Å². The molecule has 0 radical (unpaired) electrons.